The largest absolute Gasteiger partial charge is 0.316 e. The second kappa shape index (κ2) is 6.76. The van der Waals surface area contributed by atoms with Crippen molar-refractivity contribution in [2.45, 2.75) is 37.6 Å². The maximum absolute atomic E-state index is 12.4. The molecule has 0 saturated heterocycles. The highest BCUT2D eigenvalue weighted by molar-refractivity contribution is 7.89. The number of anilines is 1. The molecule has 1 aliphatic rings. The summed E-state index contributed by atoms with van der Waals surface area (Å²) in [6.07, 6.45) is 1.76. The van der Waals surface area contributed by atoms with Gasteiger partial charge in [0.1, 0.15) is 0 Å². The molecule has 1 amide bonds. The number of hydrogen-bond donors (Lipinski definition) is 2. The van der Waals surface area contributed by atoms with Crippen molar-refractivity contribution in [2.24, 2.45) is 0 Å². The van der Waals surface area contributed by atoms with Crippen molar-refractivity contribution in [3.05, 3.63) is 23.8 Å². The van der Waals surface area contributed by atoms with Crippen molar-refractivity contribution in [1.82, 2.24) is 10.0 Å². The molecule has 2 rings (SSSR count). The summed E-state index contributed by atoms with van der Waals surface area (Å²) in [4.78, 5) is 13.6. The summed E-state index contributed by atoms with van der Waals surface area (Å²) in [6, 6.07) is 5.05. The van der Waals surface area contributed by atoms with E-state index in [1.807, 2.05) is 6.92 Å². The van der Waals surface area contributed by atoms with Gasteiger partial charge in [0.15, 0.2) is 0 Å². The predicted molar refractivity (Wildman–Crippen MR) is 86.5 cm³/mol. The average molecular weight is 325 g/mol. The highest BCUT2D eigenvalue weighted by Gasteiger charge is 2.23. The first-order chi connectivity index (χ1) is 10.3. The SMILES string of the molecule is CNC(C)CNS(=O)(=O)c1ccc2c(c1)N(C(C)=O)CCC2. The van der Waals surface area contributed by atoms with Gasteiger partial charge in [-0.05, 0) is 44.5 Å². The number of amides is 1. The van der Waals surface area contributed by atoms with Crippen LogP contribution in [0, 0.1) is 0 Å². The highest BCUT2D eigenvalue weighted by Crippen LogP contribution is 2.29. The third kappa shape index (κ3) is 3.66. The molecule has 6 nitrogen and oxygen atoms in total. The smallest absolute Gasteiger partial charge is 0.240 e. The molecule has 1 atom stereocenters. The van der Waals surface area contributed by atoms with Crippen LogP contribution in [0.15, 0.2) is 23.1 Å². The number of benzene rings is 1. The van der Waals surface area contributed by atoms with Crippen LogP contribution in [0.1, 0.15) is 25.8 Å². The van der Waals surface area contributed by atoms with Crippen molar-refractivity contribution < 1.29 is 13.2 Å². The second-order valence-electron chi connectivity index (χ2n) is 5.61. The zero-order valence-corrected chi connectivity index (χ0v) is 14.0. The molecule has 122 valence electrons. The summed E-state index contributed by atoms with van der Waals surface area (Å²) in [7, 11) is -1.80. The van der Waals surface area contributed by atoms with E-state index in [2.05, 4.69) is 10.0 Å². The third-order valence-electron chi connectivity index (χ3n) is 3.94. The van der Waals surface area contributed by atoms with Crippen LogP contribution in [0.2, 0.25) is 0 Å². The first-order valence-corrected chi connectivity index (χ1v) is 8.91. The van der Waals surface area contributed by atoms with Gasteiger partial charge in [-0.15, -0.1) is 0 Å². The van der Waals surface area contributed by atoms with Crippen LogP contribution in [-0.4, -0.2) is 40.5 Å². The molecular formula is C15H23N3O3S. The number of sulfonamides is 1. The number of rotatable bonds is 5. The molecule has 2 N–H and O–H groups in total. The van der Waals surface area contributed by atoms with Gasteiger partial charge < -0.3 is 10.2 Å². The van der Waals surface area contributed by atoms with Crippen LogP contribution >= 0.6 is 0 Å². The number of hydrogen-bond acceptors (Lipinski definition) is 4. The minimum absolute atomic E-state index is 0.0427. The molecule has 0 aliphatic carbocycles. The van der Waals surface area contributed by atoms with Crippen LogP contribution in [0.3, 0.4) is 0 Å². The van der Waals surface area contributed by atoms with Crippen LogP contribution in [0.4, 0.5) is 5.69 Å². The Balaban J connectivity index is 2.29. The molecule has 0 saturated carbocycles. The Hall–Kier alpha value is -1.44. The lowest BCUT2D eigenvalue weighted by Gasteiger charge is -2.29. The Morgan fingerprint density at radius 2 is 2.14 bits per heavy atom. The molecule has 1 heterocycles. The van der Waals surface area contributed by atoms with E-state index in [1.165, 1.54) is 6.92 Å². The lowest BCUT2D eigenvalue weighted by atomic mass is 10.0. The lowest BCUT2D eigenvalue weighted by Crippen LogP contribution is -2.37. The fraction of sp³-hybridized carbons (Fsp3) is 0.533. The molecule has 0 fully saturated rings. The molecule has 7 heteroatoms. The molecule has 0 radical (unpaired) electrons. The zero-order valence-electron chi connectivity index (χ0n) is 13.2. The lowest BCUT2D eigenvalue weighted by molar-refractivity contribution is -0.116. The Morgan fingerprint density at radius 3 is 2.77 bits per heavy atom. The van der Waals surface area contributed by atoms with Crippen LogP contribution in [0.25, 0.3) is 0 Å². The number of fused-ring (bicyclic) bond motifs is 1. The Bertz CT molecular complexity index is 658. The summed E-state index contributed by atoms with van der Waals surface area (Å²) in [5.74, 6) is -0.0627. The van der Waals surface area contributed by atoms with Crippen LogP contribution < -0.4 is 14.9 Å². The van der Waals surface area contributed by atoms with Gasteiger partial charge in [-0.1, -0.05) is 6.07 Å². The van der Waals surface area contributed by atoms with E-state index in [0.29, 0.717) is 18.8 Å². The van der Waals surface area contributed by atoms with E-state index in [1.54, 1.807) is 30.1 Å². The fourth-order valence-corrected chi connectivity index (χ4v) is 3.62. The van der Waals surface area contributed by atoms with E-state index < -0.39 is 10.0 Å². The molecule has 1 aromatic rings. The molecule has 1 unspecified atom stereocenters. The number of likely N-dealkylation sites (N-methyl/N-ethyl adjacent to an activating group) is 1. The quantitative estimate of drug-likeness (QED) is 0.842. The highest BCUT2D eigenvalue weighted by atomic mass is 32.2. The third-order valence-corrected chi connectivity index (χ3v) is 5.36. The Morgan fingerprint density at radius 1 is 1.41 bits per heavy atom. The molecular weight excluding hydrogens is 302 g/mol. The van der Waals surface area contributed by atoms with Crippen LogP contribution in [-0.2, 0) is 21.2 Å². The normalized spacial score (nSPS) is 16.2. The van der Waals surface area contributed by atoms with Crippen molar-refractivity contribution in [1.29, 1.82) is 0 Å². The van der Waals surface area contributed by atoms with Gasteiger partial charge in [-0.2, -0.15) is 0 Å². The number of carbonyl (C=O) groups is 1. The second-order valence-corrected chi connectivity index (χ2v) is 7.37. The van der Waals surface area contributed by atoms with Crippen molar-refractivity contribution in [2.75, 3.05) is 25.0 Å². The number of aryl methyl sites for hydroxylation is 1. The van der Waals surface area contributed by atoms with E-state index >= 15 is 0 Å². The van der Waals surface area contributed by atoms with E-state index in [-0.39, 0.29) is 16.8 Å². The first-order valence-electron chi connectivity index (χ1n) is 7.43. The maximum Gasteiger partial charge on any atom is 0.240 e. The first kappa shape index (κ1) is 16.9. The van der Waals surface area contributed by atoms with Crippen molar-refractivity contribution in [3.63, 3.8) is 0 Å². The predicted octanol–water partition coefficient (Wildman–Crippen LogP) is 0.872. The summed E-state index contributed by atoms with van der Waals surface area (Å²) >= 11 is 0. The van der Waals surface area contributed by atoms with Crippen LogP contribution in [0.5, 0.6) is 0 Å². The topological polar surface area (TPSA) is 78.5 Å². The number of nitrogens with one attached hydrogen (secondary N) is 2. The summed E-state index contributed by atoms with van der Waals surface area (Å²) in [5.41, 5.74) is 1.73. The average Bonchev–Trinajstić information content (AvgIpc) is 2.51. The van der Waals surface area contributed by atoms with Gasteiger partial charge in [0.2, 0.25) is 15.9 Å². The number of nitrogens with zero attached hydrogens (tertiary/aromatic N) is 1. The van der Waals surface area contributed by atoms with Gasteiger partial charge in [-0.25, -0.2) is 13.1 Å². The van der Waals surface area contributed by atoms with Gasteiger partial charge in [-0.3, -0.25) is 4.79 Å². The summed E-state index contributed by atoms with van der Waals surface area (Å²) in [5, 5.41) is 2.98. The van der Waals surface area contributed by atoms with E-state index in [9.17, 15) is 13.2 Å². The molecule has 1 aromatic carbocycles. The molecule has 0 spiro atoms. The molecule has 1 aliphatic heterocycles. The van der Waals surface area contributed by atoms with Crippen molar-refractivity contribution >= 4 is 21.6 Å². The fourth-order valence-electron chi connectivity index (χ4n) is 2.47. The maximum atomic E-state index is 12.4. The summed E-state index contributed by atoms with van der Waals surface area (Å²) in [6.45, 7) is 4.35. The van der Waals surface area contributed by atoms with Crippen molar-refractivity contribution in [3.8, 4) is 0 Å². The molecule has 0 aromatic heterocycles. The minimum Gasteiger partial charge on any atom is -0.316 e. The number of carbonyl (C=O) groups excluding carboxylic acids is 1. The van der Waals surface area contributed by atoms with Gasteiger partial charge >= 0.3 is 0 Å². The van der Waals surface area contributed by atoms with Gasteiger partial charge in [0.05, 0.1) is 4.90 Å². The van der Waals surface area contributed by atoms with Gasteiger partial charge in [0, 0.05) is 31.7 Å². The standard InChI is InChI=1S/C15H23N3O3S/c1-11(16-3)10-17-22(20,21)14-7-6-13-5-4-8-18(12(2)19)15(13)9-14/h6-7,9,11,16-17H,4-5,8,10H2,1-3H3. The molecule has 0 bridgehead atoms. The minimum atomic E-state index is -3.58. The van der Waals surface area contributed by atoms with Gasteiger partial charge in [0.25, 0.3) is 0 Å². The summed E-state index contributed by atoms with van der Waals surface area (Å²) < 4.78 is 27.3. The monoisotopic (exact) mass is 325 g/mol. The van der Waals surface area contributed by atoms with E-state index in [0.717, 1.165) is 18.4 Å². The Kier molecular flexibility index (Phi) is 5.20. The van der Waals surface area contributed by atoms with E-state index in [4.69, 9.17) is 0 Å². The zero-order chi connectivity index (χ0) is 16.3. The molecule has 22 heavy (non-hydrogen) atoms. The Labute approximate surface area is 131 Å².